The van der Waals surface area contributed by atoms with Gasteiger partial charge in [0.05, 0.1) is 25.2 Å². The van der Waals surface area contributed by atoms with Gasteiger partial charge in [-0.1, -0.05) is 12.1 Å². The van der Waals surface area contributed by atoms with Crippen molar-refractivity contribution in [2.24, 2.45) is 0 Å². The molecule has 0 aliphatic carbocycles. The summed E-state index contributed by atoms with van der Waals surface area (Å²) in [5, 5.41) is 5.01. The maximum atomic E-state index is 11.4. The number of ether oxygens (including phenoxy) is 4. The number of methoxy groups -OCH3 is 2. The third kappa shape index (κ3) is 4.62. The molecule has 0 spiro atoms. The van der Waals surface area contributed by atoms with Crippen molar-refractivity contribution in [2.75, 3.05) is 26.3 Å². The van der Waals surface area contributed by atoms with Gasteiger partial charge in [0.1, 0.15) is 0 Å². The molecule has 1 aromatic heterocycles. The summed E-state index contributed by atoms with van der Waals surface area (Å²) in [6, 6.07) is 16.4. The van der Waals surface area contributed by atoms with Crippen molar-refractivity contribution in [3.05, 3.63) is 71.4 Å². The molecule has 4 aromatic rings. The number of hydrogen-bond donors (Lipinski definition) is 1. The van der Waals surface area contributed by atoms with Crippen molar-refractivity contribution in [1.82, 2.24) is 0 Å². The van der Waals surface area contributed by atoms with Crippen LogP contribution in [0.2, 0.25) is 0 Å². The molecular formula is C30H29IN2O5. The van der Waals surface area contributed by atoms with Crippen LogP contribution in [0.15, 0.2) is 54.7 Å². The highest BCUT2D eigenvalue weighted by Crippen LogP contribution is 2.43. The second kappa shape index (κ2) is 10.7. The lowest BCUT2D eigenvalue weighted by Gasteiger charge is -2.21. The fraction of sp³-hybridized carbons (Fsp3) is 0.267. The lowest BCUT2D eigenvalue weighted by atomic mass is 9.89. The Morgan fingerprint density at radius 3 is 2.45 bits per heavy atom. The Labute approximate surface area is 238 Å². The molecular weight excluding hydrogens is 595 g/mol. The van der Waals surface area contributed by atoms with Gasteiger partial charge in [-0.3, -0.25) is 4.79 Å². The number of benzene rings is 3. The highest BCUT2D eigenvalue weighted by atomic mass is 127. The van der Waals surface area contributed by atoms with Gasteiger partial charge in [-0.15, -0.1) is 0 Å². The molecule has 2 aliphatic heterocycles. The van der Waals surface area contributed by atoms with E-state index in [4.69, 9.17) is 18.9 Å². The van der Waals surface area contributed by atoms with E-state index < -0.39 is 0 Å². The van der Waals surface area contributed by atoms with Crippen LogP contribution in [0.1, 0.15) is 23.6 Å². The zero-order valence-corrected chi connectivity index (χ0v) is 23.8. The number of rotatable bonds is 6. The molecule has 7 nitrogen and oxygen atoms in total. The minimum absolute atomic E-state index is 0. The lowest BCUT2D eigenvalue weighted by molar-refractivity contribution is -0.686. The lowest BCUT2D eigenvalue weighted by Crippen LogP contribution is -3.00. The second-order valence-electron chi connectivity index (χ2n) is 9.40. The zero-order valence-electron chi connectivity index (χ0n) is 21.6. The van der Waals surface area contributed by atoms with Crippen LogP contribution in [-0.2, 0) is 30.6 Å². The predicted octanol–water partition coefficient (Wildman–Crippen LogP) is 1.84. The van der Waals surface area contributed by atoms with Crippen molar-refractivity contribution >= 4 is 22.4 Å². The van der Waals surface area contributed by atoms with Crippen molar-refractivity contribution < 1.29 is 52.3 Å². The summed E-state index contributed by atoms with van der Waals surface area (Å²) < 4.78 is 25.2. The number of aryl methyl sites for hydroxylation is 4. The summed E-state index contributed by atoms with van der Waals surface area (Å²) in [5.41, 5.74) is 6.91. The molecule has 0 radical (unpaired) electrons. The maximum absolute atomic E-state index is 11.4. The standard InChI is InChI=1S/C30H28N2O5.HI/c1-18(33)31-21-7-4-19(5-8-21)6-9-23-22-10-11-26(34-2)30(35-3)25(22)16-32-13-12-20-14-27-28(37-17-36-27)15-24(20)29(23)32;/h4-5,7-8,10-11,14-16H,6,9,12-13,17H2,1-3H3;1H. The molecule has 38 heavy (non-hydrogen) atoms. The van der Waals surface area contributed by atoms with Crippen molar-refractivity contribution in [1.29, 1.82) is 0 Å². The zero-order chi connectivity index (χ0) is 25.5. The number of halogens is 1. The monoisotopic (exact) mass is 624 g/mol. The van der Waals surface area contributed by atoms with Gasteiger partial charge in [0.2, 0.25) is 18.4 Å². The molecule has 0 saturated heterocycles. The number of hydrogen-bond acceptors (Lipinski definition) is 5. The first-order valence-corrected chi connectivity index (χ1v) is 12.4. The number of nitrogens with one attached hydrogen (secondary N) is 1. The van der Waals surface area contributed by atoms with E-state index in [2.05, 4.69) is 46.4 Å². The number of anilines is 1. The average molecular weight is 624 g/mol. The normalized spacial score (nSPS) is 12.8. The van der Waals surface area contributed by atoms with Gasteiger partial charge in [0.25, 0.3) is 0 Å². The van der Waals surface area contributed by atoms with E-state index >= 15 is 0 Å². The summed E-state index contributed by atoms with van der Waals surface area (Å²) in [7, 11) is 3.35. The summed E-state index contributed by atoms with van der Waals surface area (Å²) in [4.78, 5) is 11.4. The average Bonchev–Trinajstić information content (AvgIpc) is 3.37. The molecule has 3 aromatic carbocycles. The van der Waals surface area contributed by atoms with Gasteiger partial charge >= 0.3 is 0 Å². The van der Waals surface area contributed by atoms with E-state index in [1.54, 1.807) is 14.2 Å². The molecule has 1 amide bonds. The van der Waals surface area contributed by atoms with E-state index in [0.717, 1.165) is 65.3 Å². The Morgan fingerprint density at radius 2 is 1.74 bits per heavy atom. The van der Waals surface area contributed by atoms with E-state index in [9.17, 15) is 4.79 Å². The van der Waals surface area contributed by atoms with Crippen LogP contribution in [0, 0.1) is 0 Å². The third-order valence-electron chi connectivity index (χ3n) is 7.18. The van der Waals surface area contributed by atoms with Gasteiger partial charge in [0.15, 0.2) is 35.7 Å². The fourth-order valence-corrected chi connectivity index (χ4v) is 5.49. The fourth-order valence-electron chi connectivity index (χ4n) is 5.49. The second-order valence-corrected chi connectivity index (χ2v) is 9.40. The highest BCUT2D eigenvalue weighted by molar-refractivity contribution is 5.95. The Bertz CT molecular complexity index is 1530. The number of nitrogens with zero attached hydrogens (tertiary/aromatic N) is 1. The maximum Gasteiger partial charge on any atom is 0.231 e. The van der Waals surface area contributed by atoms with Crippen LogP contribution in [0.3, 0.4) is 0 Å². The number of aromatic nitrogens is 1. The van der Waals surface area contributed by atoms with Crippen molar-refractivity contribution in [3.63, 3.8) is 0 Å². The third-order valence-corrected chi connectivity index (χ3v) is 7.18. The smallest absolute Gasteiger partial charge is 0.231 e. The largest absolute Gasteiger partial charge is 1.00 e. The van der Waals surface area contributed by atoms with Crippen LogP contribution in [0.5, 0.6) is 23.0 Å². The van der Waals surface area contributed by atoms with Crippen LogP contribution in [0.25, 0.3) is 22.0 Å². The van der Waals surface area contributed by atoms with E-state index in [1.807, 2.05) is 18.2 Å². The Hall–Kier alpha value is -3.53. The first kappa shape index (κ1) is 26.1. The highest BCUT2D eigenvalue weighted by Gasteiger charge is 2.32. The molecule has 0 fully saturated rings. The predicted molar refractivity (Wildman–Crippen MR) is 141 cm³/mol. The number of carbonyl (C=O) groups excluding carboxylic acids is 1. The van der Waals surface area contributed by atoms with Crippen LogP contribution in [-0.4, -0.2) is 26.9 Å². The summed E-state index contributed by atoms with van der Waals surface area (Å²) >= 11 is 0. The van der Waals surface area contributed by atoms with Crippen LogP contribution in [0.4, 0.5) is 5.69 Å². The SMILES string of the molecule is COc1ccc2c(CCc3ccc(NC(C)=O)cc3)c3[n+](cc2c1OC)CCc1cc2c(cc1-3)OCO2.[I-]. The van der Waals surface area contributed by atoms with Crippen LogP contribution >= 0.6 is 0 Å². The van der Waals surface area contributed by atoms with E-state index in [-0.39, 0.29) is 36.7 Å². The molecule has 8 heteroatoms. The molecule has 3 heterocycles. The van der Waals surface area contributed by atoms with Crippen molar-refractivity contribution in [2.45, 2.75) is 32.7 Å². The van der Waals surface area contributed by atoms with Gasteiger partial charge in [-0.2, -0.15) is 4.57 Å². The minimum Gasteiger partial charge on any atom is -1.00 e. The van der Waals surface area contributed by atoms with E-state index in [0.29, 0.717) is 0 Å². The number of pyridine rings is 1. The molecule has 6 rings (SSSR count). The van der Waals surface area contributed by atoms with Gasteiger partial charge in [0, 0.05) is 30.0 Å². The van der Waals surface area contributed by atoms with Gasteiger partial charge in [-0.05, 0) is 60.4 Å². The Kier molecular flexibility index (Phi) is 7.34. The Morgan fingerprint density at radius 1 is 0.974 bits per heavy atom. The molecule has 196 valence electrons. The number of amides is 1. The first-order valence-electron chi connectivity index (χ1n) is 12.4. The van der Waals surface area contributed by atoms with Gasteiger partial charge in [-0.25, -0.2) is 0 Å². The number of fused-ring (bicyclic) bond motifs is 5. The number of carbonyl (C=O) groups is 1. The molecule has 2 aliphatic rings. The summed E-state index contributed by atoms with van der Waals surface area (Å²) in [6.45, 7) is 2.63. The van der Waals surface area contributed by atoms with Crippen molar-refractivity contribution in [3.8, 4) is 34.3 Å². The summed E-state index contributed by atoms with van der Waals surface area (Å²) in [6.07, 6.45) is 4.77. The summed E-state index contributed by atoms with van der Waals surface area (Å²) in [5.74, 6) is 3.00. The molecule has 1 N–H and O–H groups in total. The quantitative estimate of drug-likeness (QED) is 0.262. The molecule has 0 unspecified atom stereocenters. The molecule has 0 saturated carbocycles. The van der Waals surface area contributed by atoms with Crippen LogP contribution < -0.4 is 52.8 Å². The Balaban J connectivity index is 0.00000294. The van der Waals surface area contributed by atoms with Gasteiger partial charge < -0.3 is 48.2 Å². The van der Waals surface area contributed by atoms with E-state index in [1.165, 1.54) is 34.9 Å². The first-order chi connectivity index (χ1) is 18.1. The molecule has 0 atom stereocenters. The molecule has 0 bridgehead atoms. The topological polar surface area (TPSA) is 69.9 Å². The minimum atomic E-state index is -0.0731.